The molecule has 0 heterocycles. The number of benzene rings is 2. The van der Waals surface area contributed by atoms with Crippen molar-refractivity contribution in [3.05, 3.63) is 65.2 Å². The largest absolute Gasteiger partial charge is 0.478 e. The van der Waals surface area contributed by atoms with E-state index >= 15 is 0 Å². The number of anilines is 1. The summed E-state index contributed by atoms with van der Waals surface area (Å²) >= 11 is 5.79. The van der Waals surface area contributed by atoms with Crippen molar-refractivity contribution in [3.8, 4) is 0 Å². The second kappa shape index (κ2) is 7.02. The molecule has 7 heteroatoms. The Morgan fingerprint density at radius 1 is 1.13 bits per heavy atom. The molecule has 0 atom stereocenters. The predicted molar refractivity (Wildman–Crippen MR) is 90.4 cm³/mol. The lowest BCUT2D eigenvalue weighted by Crippen LogP contribution is -2.29. The molecule has 0 radical (unpaired) electrons. The van der Waals surface area contributed by atoms with Crippen LogP contribution in [0.15, 0.2) is 48.5 Å². The quantitative estimate of drug-likeness (QED) is 0.810. The van der Waals surface area contributed by atoms with Crippen LogP contribution in [0.4, 0.5) is 5.69 Å². The lowest BCUT2D eigenvalue weighted by atomic mass is 10.1. The van der Waals surface area contributed by atoms with Crippen LogP contribution in [0.1, 0.15) is 21.5 Å². The fourth-order valence-corrected chi connectivity index (χ4v) is 3.19. The van der Waals surface area contributed by atoms with E-state index in [1.807, 2.05) is 30.3 Å². The van der Waals surface area contributed by atoms with Crippen molar-refractivity contribution in [2.24, 2.45) is 0 Å². The summed E-state index contributed by atoms with van der Waals surface area (Å²) in [6.45, 7) is 0.116. The summed E-state index contributed by atoms with van der Waals surface area (Å²) in [7, 11) is -3.59. The number of halogens is 1. The highest BCUT2D eigenvalue weighted by atomic mass is 35.5. The Morgan fingerprint density at radius 2 is 1.78 bits per heavy atom. The van der Waals surface area contributed by atoms with Crippen LogP contribution in [0.3, 0.4) is 0 Å². The molecule has 0 aliphatic rings. The van der Waals surface area contributed by atoms with Gasteiger partial charge in [-0.3, -0.25) is 4.31 Å². The van der Waals surface area contributed by atoms with E-state index in [1.165, 1.54) is 16.4 Å². The summed E-state index contributed by atoms with van der Waals surface area (Å²) in [5.74, 6) is -1.04. The first-order chi connectivity index (χ1) is 10.8. The van der Waals surface area contributed by atoms with E-state index in [2.05, 4.69) is 0 Å². The highest BCUT2D eigenvalue weighted by Crippen LogP contribution is 2.25. The third kappa shape index (κ3) is 4.46. The number of nitrogens with zero attached hydrogens (tertiary/aromatic N) is 1. The van der Waals surface area contributed by atoms with Gasteiger partial charge in [-0.2, -0.15) is 0 Å². The Kier molecular flexibility index (Phi) is 5.28. The molecular formula is C16H16ClNO4S. The van der Waals surface area contributed by atoms with Crippen molar-refractivity contribution in [2.75, 3.05) is 10.6 Å². The Morgan fingerprint density at radius 3 is 2.30 bits per heavy atom. The lowest BCUT2D eigenvalue weighted by Gasteiger charge is -2.23. The normalized spacial score (nSPS) is 11.2. The van der Waals surface area contributed by atoms with Crippen LogP contribution in [-0.2, 0) is 22.4 Å². The first-order valence-corrected chi connectivity index (χ1v) is 9.14. The van der Waals surface area contributed by atoms with E-state index in [4.69, 9.17) is 11.6 Å². The van der Waals surface area contributed by atoms with Gasteiger partial charge in [-0.15, -0.1) is 11.6 Å². The van der Waals surface area contributed by atoms with E-state index in [0.717, 1.165) is 11.8 Å². The number of hydrogen-bond donors (Lipinski definition) is 1. The number of carboxylic acid groups (broad SMARTS) is 1. The van der Waals surface area contributed by atoms with Gasteiger partial charge in [0.25, 0.3) is 0 Å². The molecule has 0 amide bonds. The van der Waals surface area contributed by atoms with Gasteiger partial charge in [0.15, 0.2) is 0 Å². The first kappa shape index (κ1) is 17.3. The molecule has 5 nitrogen and oxygen atoms in total. The van der Waals surface area contributed by atoms with Crippen LogP contribution in [0.25, 0.3) is 0 Å². The third-order valence-corrected chi connectivity index (χ3v) is 4.69. The Labute approximate surface area is 140 Å². The lowest BCUT2D eigenvalue weighted by molar-refractivity contribution is 0.0697. The van der Waals surface area contributed by atoms with Gasteiger partial charge in [-0.25, -0.2) is 13.2 Å². The third-order valence-electron chi connectivity index (χ3n) is 3.24. The number of carbonyl (C=O) groups is 1. The Balaban J connectivity index is 2.52. The molecule has 0 fully saturated rings. The van der Waals surface area contributed by atoms with Crippen molar-refractivity contribution in [2.45, 2.75) is 12.4 Å². The molecule has 2 rings (SSSR count). The summed E-state index contributed by atoms with van der Waals surface area (Å²) in [6.07, 6.45) is 1.09. The molecule has 0 spiro atoms. The number of aromatic carboxylic acids is 1. The zero-order valence-corrected chi connectivity index (χ0v) is 14.0. The van der Waals surface area contributed by atoms with Gasteiger partial charge in [0.2, 0.25) is 10.0 Å². The minimum Gasteiger partial charge on any atom is -0.478 e. The topological polar surface area (TPSA) is 74.7 Å². The van der Waals surface area contributed by atoms with Crippen molar-refractivity contribution >= 4 is 33.3 Å². The van der Waals surface area contributed by atoms with E-state index in [0.29, 0.717) is 5.56 Å². The molecule has 0 unspecified atom stereocenters. The molecule has 2 aromatic carbocycles. The minimum atomic E-state index is -3.59. The molecule has 23 heavy (non-hydrogen) atoms. The highest BCUT2D eigenvalue weighted by Gasteiger charge is 2.20. The average molecular weight is 354 g/mol. The molecule has 122 valence electrons. The molecule has 0 aromatic heterocycles. The minimum absolute atomic E-state index is 0.000128. The van der Waals surface area contributed by atoms with E-state index in [9.17, 15) is 18.3 Å². The van der Waals surface area contributed by atoms with Crippen LogP contribution in [-0.4, -0.2) is 25.7 Å². The Bertz CT molecular complexity index is 806. The van der Waals surface area contributed by atoms with Crippen molar-refractivity contribution in [3.63, 3.8) is 0 Å². The average Bonchev–Trinajstić information content (AvgIpc) is 2.52. The number of alkyl halides is 1. The summed E-state index contributed by atoms with van der Waals surface area (Å²) in [5, 5.41) is 9.19. The van der Waals surface area contributed by atoms with Gasteiger partial charge in [0.05, 0.1) is 24.1 Å². The van der Waals surface area contributed by atoms with Gasteiger partial charge >= 0.3 is 5.97 Å². The molecule has 0 saturated carbocycles. The maximum absolute atomic E-state index is 12.2. The maximum Gasteiger partial charge on any atom is 0.335 e. The standard InChI is InChI=1S/C16H16ClNO4S/c1-23(21,22)18(11-12-5-3-2-4-6-12)15-8-13(10-17)7-14(9-15)16(19)20/h2-9H,10-11H2,1H3,(H,19,20). The summed E-state index contributed by atoms with van der Waals surface area (Å²) in [4.78, 5) is 11.2. The van der Waals surface area contributed by atoms with Crippen LogP contribution in [0.5, 0.6) is 0 Å². The van der Waals surface area contributed by atoms with Crippen molar-refractivity contribution < 1.29 is 18.3 Å². The number of carboxylic acids is 1. The molecule has 0 aliphatic heterocycles. The second-order valence-corrected chi connectivity index (χ2v) is 7.26. The second-order valence-electron chi connectivity index (χ2n) is 5.08. The van der Waals surface area contributed by atoms with Crippen molar-refractivity contribution in [1.82, 2.24) is 0 Å². The van der Waals surface area contributed by atoms with E-state index in [1.54, 1.807) is 6.07 Å². The zero-order valence-electron chi connectivity index (χ0n) is 12.4. The van der Waals surface area contributed by atoms with Gasteiger partial charge in [-0.05, 0) is 29.3 Å². The number of sulfonamides is 1. The summed E-state index contributed by atoms with van der Waals surface area (Å²) < 4.78 is 25.5. The fourth-order valence-electron chi connectivity index (χ4n) is 2.17. The smallest absolute Gasteiger partial charge is 0.335 e. The van der Waals surface area contributed by atoms with Gasteiger partial charge in [0, 0.05) is 5.88 Å². The van der Waals surface area contributed by atoms with E-state index < -0.39 is 16.0 Å². The maximum atomic E-state index is 12.2. The molecule has 0 saturated heterocycles. The monoisotopic (exact) mass is 353 g/mol. The highest BCUT2D eigenvalue weighted by molar-refractivity contribution is 7.92. The molecule has 0 bridgehead atoms. The Hall–Kier alpha value is -2.05. The number of hydrogen-bond acceptors (Lipinski definition) is 3. The van der Waals surface area contributed by atoms with Crippen LogP contribution in [0.2, 0.25) is 0 Å². The fraction of sp³-hybridized carbons (Fsp3) is 0.188. The van der Waals surface area contributed by atoms with Crippen molar-refractivity contribution in [1.29, 1.82) is 0 Å². The first-order valence-electron chi connectivity index (χ1n) is 6.76. The van der Waals surface area contributed by atoms with Gasteiger partial charge in [-0.1, -0.05) is 30.3 Å². The molecular weight excluding hydrogens is 338 g/mol. The van der Waals surface area contributed by atoms with Gasteiger partial charge < -0.3 is 5.11 Å². The van der Waals surface area contributed by atoms with Crippen LogP contribution < -0.4 is 4.31 Å². The van der Waals surface area contributed by atoms with Crippen LogP contribution in [0, 0.1) is 0 Å². The molecule has 1 N–H and O–H groups in total. The SMILES string of the molecule is CS(=O)(=O)N(Cc1ccccc1)c1cc(CCl)cc(C(=O)O)c1. The number of rotatable bonds is 6. The molecule has 2 aromatic rings. The summed E-state index contributed by atoms with van der Waals surface area (Å²) in [6, 6.07) is 13.4. The van der Waals surface area contributed by atoms with E-state index in [-0.39, 0.29) is 23.7 Å². The van der Waals surface area contributed by atoms with Gasteiger partial charge in [0.1, 0.15) is 0 Å². The summed E-state index contributed by atoms with van der Waals surface area (Å²) in [5.41, 5.74) is 1.63. The molecule has 0 aliphatic carbocycles. The zero-order chi connectivity index (χ0) is 17.0. The predicted octanol–water partition coefficient (Wildman–Crippen LogP) is 3.09. The van der Waals surface area contributed by atoms with Crippen LogP contribution >= 0.6 is 11.6 Å².